The van der Waals surface area contributed by atoms with Gasteiger partial charge in [0, 0.05) is 11.7 Å². The van der Waals surface area contributed by atoms with Crippen LogP contribution in [0.5, 0.6) is 0 Å². The first kappa shape index (κ1) is 16.3. The number of alkyl halides is 3. The Morgan fingerprint density at radius 3 is 2.32 bits per heavy atom. The normalized spacial score (nSPS) is 15.3. The van der Waals surface area contributed by atoms with Crippen molar-refractivity contribution in [3.05, 3.63) is 29.8 Å². The van der Waals surface area contributed by atoms with Gasteiger partial charge in [0.1, 0.15) is 5.41 Å². The highest BCUT2D eigenvalue weighted by Gasteiger charge is 2.39. The SMILES string of the molecule is CC(C)(C(=O)Nc1cccc(C(F)(F)F)c1)C(=O)NC1CC1. The third kappa shape index (κ3) is 3.78. The number of benzene rings is 1. The van der Waals surface area contributed by atoms with Crippen molar-refractivity contribution in [1.29, 1.82) is 0 Å². The van der Waals surface area contributed by atoms with Crippen LogP contribution in [-0.2, 0) is 15.8 Å². The van der Waals surface area contributed by atoms with Crippen LogP contribution in [0.1, 0.15) is 32.3 Å². The van der Waals surface area contributed by atoms with Crippen molar-refractivity contribution < 1.29 is 22.8 Å². The standard InChI is InChI=1S/C15H17F3N2O2/c1-14(2,12(21)19-10-6-7-10)13(22)20-11-5-3-4-9(8-11)15(16,17)18/h3-5,8,10H,6-7H2,1-2H3,(H,19,21)(H,20,22). The Balaban J connectivity index is 2.08. The Hall–Kier alpha value is -2.05. The zero-order valence-corrected chi connectivity index (χ0v) is 12.3. The smallest absolute Gasteiger partial charge is 0.352 e. The summed E-state index contributed by atoms with van der Waals surface area (Å²) in [6.45, 7) is 2.88. The number of hydrogen-bond donors (Lipinski definition) is 2. The largest absolute Gasteiger partial charge is 0.416 e. The molecule has 1 aliphatic carbocycles. The molecule has 1 aromatic carbocycles. The molecule has 0 spiro atoms. The van der Waals surface area contributed by atoms with Gasteiger partial charge in [0.2, 0.25) is 11.8 Å². The summed E-state index contributed by atoms with van der Waals surface area (Å²) in [6, 6.07) is 4.42. The first-order chi connectivity index (χ1) is 10.1. The van der Waals surface area contributed by atoms with Crippen LogP contribution in [0.4, 0.5) is 18.9 Å². The summed E-state index contributed by atoms with van der Waals surface area (Å²) < 4.78 is 37.9. The Morgan fingerprint density at radius 1 is 1.14 bits per heavy atom. The van der Waals surface area contributed by atoms with E-state index in [1.165, 1.54) is 26.0 Å². The van der Waals surface area contributed by atoms with Crippen molar-refractivity contribution in [2.24, 2.45) is 5.41 Å². The Labute approximate surface area is 126 Å². The number of carbonyl (C=O) groups excluding carboxylic acids is 2. The number of halogens is 3. The molecule has 0 unspecified atom stereocenters. The molecule has 1 aliphatic rings. The molecule has 0 aliphatic heterocycles. The lowest BCUT2D eigenvalue weighted by Gasteiger charge is -2.23. The van der Waals surface area contributed by atoms with Crippen molar-refractivity contribution in [3.63, 3.8) is 0 Å². The third-order valence-electron chi connectivity index (χ3n) is 3.50. The summed E-state index contributed by atoms with van der Waals surface area (Å²) in [5.74, 6) is -1.08. The molecule has 2 N–H and O–H groups in total. The van der Waals surface area contributed by atoms with Crippen LogP contribution in [0.2, 0.25) is 0 Å². The minimum absolute atomic E-state index is 0.00659. The number of anilines is 1. The van der Waals surface area contributed by atoms with E-state index in [-0.39, 0.29) is 11.7 Å². The van der Waals surface area contributed by atoms with E-state index in [1.807, 2.05) is 0 Å². The van der Waals surface area contributed by atoms with Gasteiger partial charge in [-0.15, -0.1) is 0 Å². The zero-order valence-electron chi connectivity index (χ0n) is 12.3. The number of amides is 2. The topological polar surface area (TPSA) is 58.2 Å². The quantitative estimate of drug-likeness (QED) is 0.840. The lowest BCUT2D eigenvalue weighted by atomic mass is 9.91. The number of carbonyl (C=O) groups is 2. The van der Waals surface area contributed by atoms with Crippen LogP contribution in [0.3, 0.4) is 0 Å². The summed E-state index contributed by atoms with van der Waals surface area (Å²) in [5, 5.41) is 5.09. The fourth-order valence-corrected chi connectivity index (χ4v) is 1.76. The van der Waals surface area contributed by atoms with Crippen LogP contribution in [-0.4, -0.2) is 17.9 Å². The van der Waals surface area contributed by atoms with Crippen LogP contribution in [0.15, 0.2) is 24.3 Å². The predicted molar refractivity (Wildman–Crippen MR) is 75.0 cm³/mol. The van der Waals surface area contributed by atoms with Crippen molar-refractivity contribution in [2.75, 3.05) is 5.32 Å². The van der Waals surface area contributed by atoms with Crippen molar-refractivity contribution in [1.82, 2.24) is 5.32 Å². The van der Waals surface area contributed by atoms with Gasteiger partial charge >= 0.3 is 6.18 Å². The summed E-state index contributed by atoms with van der Waals surface area (Å²) in [4.78, 5) is 24.2. The second-order valence-corrected chi connectivity index (χ2v) is 5.91. The molecule has 7 heteroatoms. The Morgan fingerprint density at radius 2 is 1.77 bits per heavy atom. The van der Waals surface area contributed by atoms with Gasteiger partial charge in [-0.25, -0.2) is 0 Å². The molecule has 22 heavy (non-hydrogen) atoms. The van der Waals surface area contributed by atoms with Gasteiger partial charge in [0.25, 0.3) is 0 Å². The van der Waals surface area contributed by atoms with Crippen molar-refractivity contribution >= 4 is 17.5 Å². The van der Waals surface area contributed by atoms with E-state index >= 15 is 0 Å². The molecule has 0 aromatic heterocycles. The fourth-order valence-electron chi connectivity index (χ4n) is 1.76. The minimum atomic E-state index is -4.49. The van der Waals surface area contributed by atoms with Crippen LogP contribution < -0.4 is 10.6 Å². The van der Waals surface area contributed by atoms with E-state index in [2.05, 4.69) is 10.6 Å². The maximum atomic E-state index is 12.6. The number of rotatable bonds is 4. The Kier molecular flexibility index (Phi) is 4.17. The van der Waals surface area contributed by atoms with Crippen molar-refractivity contribution in [2.45, 2.75) is 38.9 Å². The lowest BCUT2D eigenvalue weighted by Crippen LogP contribution is -2.45. The van der Waals surface area contributed by atoms with E-state index < -0.39 is 29.0 Å². The summed E-state index contributed by atoms with van der Waals surface area (Å²) in [7, 11) is 0. The van der Waals surface area contributed by atoms with Gasteiger partial charge in [0.15, 0.2) is 0 Å². The second kappa shape index (κ2) is 5.62. The molecule has 0 bridgehead atoms. The van der Waals surface area contributed by atoms with E-state index in [9.17, 15) is 22.8 Å². The van der Waals surface area contributed by atoms with Crippen LogP contribution >= 0.6 is 0 Å². The molecule has 1 fully saturated rings. The molecular formula is C15H17F3N2O2. The molecule has 0 radical (unpaired) electrons. The molecular weight excluding hydrogens is 297 g/mol. The van der Waals surface area contributed by atoms with Gasteiger partial charge in [0.05, 0.1) is 5.56 Å². The van der Waals surface area contributed by atoms with Crippen LogP contribution in [0, 0.1) is 5.41 Å². The van der Waals surface area contributed by atoms with Gasteiger partial charge < -0.3 is 10.6 Å². The van der Waals surface area contributed by atoms with E-state index in [1.54, 1.807) is 0 Å². The molecule has 120 valence electrons. The van der Waals surface area contributed by atoms with Gasteiger partial charge in [-0.2, -0.15) is 13.2 Å². The minimum Gasteiger partial charge on any atom is -0.352 e. The molecule has 0 heterocycles. The Bertz CT molecular complexity index is 593. The maximum absolute atomic E-state index is 12.6. The highest BCUT2D eigenvalue weighted by molar-refractivity contribution is 6.10. The van der Waals surface area contributed by atoms with E-state index in [0.717, 1.165) is 25.0 Å². The van der Waals surface area contributed by atoms with Gasteiger partial charge in [-0.3, -0.25) is 9.59 Å². The molecule has 0 saturated heterocycles. The molecule has 2 amide bonds. The first-order valence-electron chi connectivity index (χ1n) is 6.90. The monoisotopic (exact) mass is 314 g/mol. The molecule has 1 saturated carbocycles. The van der Waals surface area contributed by atoms with Crippen molar-refractivity contribution in [3.8, 4) is 0 Å². The summed E-state index contributed by atoms with van der Waals surface area (Å²) >= 11 is 0. The average Bonchev–Trinajstić information content (AvgIpc) is 3.21. The van der Waals surface area contributed by atoms with E-state index in [4.69, 9.17) is 0 Å². The number of hydrogen-bond acceptors (Lipinski definition) is 2. The highest BCUT2D eigenvalue weighted by Crippen LogP contribution is 2.31. The average molecular weight is 314 g/mol. The molecule has 4 nitrogen and oxygen atoms in total. The summed E-state index contributed by atoms with van der Waals surface area (Å²) in [6.07, 6.45) is -2.71. The molecule has 1 aromatic rings. The van der Waals surface area contributed by atoms with Gasteiger partial charge in [-0.1, -0.05) is 6.07 Å². The third-order valence-corrected chi connectivity index (χ3v) is 3.50. The predicted octanol–water partition coefficient (Wildman–Crippen LogP) is 2.95. The highest BCUT2D eigenvalue weighted by atomic mass is 19.4. The van der Waals surface area contributed by atoms with Gasteiger partial charge in [-0.05, 0) is 44.9 Å². The second-order valence-electron chi connectivity index (χ2n) is 5.91. The molecule has 0 atom stereocenters. The first-order valence-corrected chi connectivity index (χ1v) is 6.90. The lowest BCUT2D eigenvalue weighted by molar-refractivity contribution is -0.139. The van der Waals surface area contributed by atoms with E-state index in [0.29, 0.717) is 0 Å². The van der Waals surface area contributed by atoms with Crippen LogP contribution in [0.25, 0.3) is 0 Å². The zero-order chi connectivity index (χ0) is 16.5. The fraction of sp³-hybridized carbons (Fsp3) is 0.467. The number of nitrogens with one attached hydrogen (secondary N) is 2. The molecule has 2 rings (SSSR count). The summed E-state index contributed by atoms with van der Waals surface area (Å²) in [5.41, 5.74) is -2.21. The maximum Gasteiger partial charge on any atom is 0.416 e.